The van der Waals surface area contributed by atoms with E-state index in [0.29, 0.717) is 43.4 Å². The van der Waals surface area contributed by atoms with Crippen molar-refractivity contribution in [2.75, 3.05) is 38.2 Å². The van der Waals surface area contributed by atoms with Gasteiger partial charge in [0.05, 0.1) is 16.8 Å². The van der Waals surface area contributed by atoms with Crippen LogP contribution >= 0.6 is 35.0 Å². The first kappa shape index (κ1) is 23.5. The van der Waals surface area contributed by atoms with Gasteiger partial charge >= 0.3 is 0 Å². The summed E-state index contributed by atoms with van der Waals surface area (Å²) in [6, 6.07) is 7.21. The van der Waals surface area contributed by atoms with Crippen LogP contribution in [-0.4, -0.2) is 71.8 Å². The van der Waals surface area contributed by atoms with Crippen molar-refractivity contribution in [3.63, 3.8) is 0 Å². The van der Waals surface area contributed by atoms with Crippen LogP contribution < -0.4 is 5.32 Å². The monoisotopic (exact) mass is 483 g/mol. The topological polar surface area (TPSA) is 82.9 Å². The fourth-order valence-electron chi connectivity index (χ4n) is 3.31. The van der Waals surface area contributed by atoms with E-state index in [1.165, 1.54) is 18.4 Å². The van der Waals surface area contributed by atoms with Crippen LogP contribution in [0.5, 0.6) is 0 Å². The minimum absolute atomic E-state index is 0.169. The van der Waals surface area contributed by atoms with Crippen LogP contribution in [0.4, 0.5) is 0 Å². The molecule has 1 fully saturated rings. The highest BCUT2D eigenvalue weighted by atomic mass is 35.5. The van der Waals surface area contributed by atoms with Crippen LogP contribution in [0.25, 0.3) is 0 Å². The summed E-state index contributed by atoms with van der Waals surface area (Å²) in [5, 5.41) is 3.47. The molecule has 3 amide bonds. The lowest BCUT2D eigenvalue weighted by atomic mass is 10.1. The molecule has 1 aromatic heterocycles. The zero-order valence-corrected chi connectivity index (χ0v) is 19.3. The summed E-state index contributed by atoms with van der Waals surface area (Å²) < 4.78 is 5.17. The molecule has 1 aromatic carbocycles. The zero-order chi connectivity index (χ0) is 22.4. The Bertz CT molecular complexity index is 931. The lowest BCUT2D eigenvalue weighted by molar-refractivity contribution is -0.134. The molecule has 1 N–H and O–H groups in total. The van der Waals surface area contributed by atoms with E-state index < -0.39 is 11.9 Å². The number of thioether (sulfide) groups is 1. The lowest BCUT2D eigenvalue weighted by Crippen LogP contribution is -2.56. The van der Waals surface area contributed by atoms with Crippen molar-refractivity contribution < 1.29 is 18.8 Å². The largest absolute Gasteiger partial charge is 0.459 e. The van der Waals surface area contributed by atoms with Crippen LogP contribution in [0.3, 0.4) is 0 Å². The Morgan fingerprint density at radius 2 is 1.84 bits per heavy atom. The predicted octanol–water partition coefficient (Wildman–Crippen LogP) is 3.42. The Morgan fingerprint density at radius 1 is 1.13 bits per heavy atom. The number of nitrogens with one attached hydrogen (secondary N) is 1. The number of carbonyl (C=O) groups is 3. The zero-order valence-electron chi connectivity index (χ0n) is 17.0. The molecule has 0 radical (unpaired) electrons. The average Bonchev–Trinajstić information content (AvgIpc) is 3.30. The minimum Gasteiger partial charge on any atom is -0.459 e. The fraction of sp³-hybridized carbons (Fsp3) is 0.381. The molecule has 1 aliphatic heterocycles. The van der Waals surface area contributed by atoms with Gasteiger partial charge < -0.3 is 19.5 Å². The Hall–Kier alpha value is -2.16. The Labute approximate surface area is 195 Å². The number of furan rings is 1. The van der Waals surface area contributed by atoms with E-state index >= 15 is 0 Å². The smallest absolute Gasteiger partial charge is 0.289 e. The summed E-state index contributed by atoms with van der Waals surface area (Å²) in [4.78, 5) is 41.6. The molecule has 2 heterocycles. The normalized spacial score (nSPS) is 14.9. The lowest BCUT2D eigenvalue weighted by Gasteiger charge is -2.36. The van der Waals surface area contributed by atoms with Crippen LogP contribution in [0, 0.1) is 0 Å². The average molecular weight is 484 g/mol. The van der Waals surface area contributed by atoms with Gasteiger partial charge in [-0.2, -0.15) is 11.8 Å². The summed E-state index contributed by atoms with van der Waals surface area (Å²) in [5.41, 5.74) is 0.266. The first-order valence-corrected chi connectivity index (χ1v) is 11.9. The molecule has 166 valence electrons. The van der Waals surface area contributed by atoms with Gasteiger partial charge in [-0.25, -0.2) is 0 Å². The second-order valence-corrected chi connectivity index (χ2v) is 8.86. The third-order valence-corrected chi connectivity index (χ3v) is 6.19. The predicted molar refractivity (Wildman–Crippen MR) is 122 cm³/mol. The van der Waals surface area contributed by atoms with Gasteiger partial charge in [0.15, 0.2) is 5.76 Å². The van der Waals surface area contributed by atoms with Crippen LogP contribution in [0.2, 0.25) is 10.0 Å². The van der Waals surface area contributed by atoms with Crippen LogP contribution in [0.15, 0.2) is 41.0 Å². The highest BCUT2D eigenvalue weighted by molar-refractivity contribution is 7.98. The quantitative estimate of drug-likeness (QED) is 0.652. The van der Waals surface area contributed by atoms with Gasteiger partial charge in [-0.05, 0) is 48.8 Å². The van der Waals surface area contributed by atoms with Crippen LogP contribution in [0.1, 0.15) is 27.3 Å². The summed E-state index contributed by atoms with van der Waals surface area (Å²) in [7, 11) is 0. The van der Waals surface area contributed by atoms with Gasteiger partial charge in [-0.1, -0.05) is 23.2 Å². The number of rotatable bonds is 7. The summed E-state index contributed by atoms with van der Waals surface area (Å²) in [6.45, 7) is 1.58. The molecule has 1 unspecified atom stereocenters. The molecule has 0 bridgehead atoms. The molecule has 7 nitrogen and oxygen atoms in total. The first-order chi connectivity index (χ1) is 14.9. The SMILES string of the molecule is CSCCC(NC(=O)c1ccc(Cl)cc1Cl)C(=O)N1CCN(C(=O)c2ccco2)CC1. The van der Waals surface area contributed by atoms with E-state index in [-0.39, 0.29) is 28.2 Å². The number of hydrogen-bond donors (Lipinski definition) is 1. The van der Waals surface area contributed by atoms with Crippen molar-refractivity contribution in [2.24, 2.45) is 0 Å². The van der Waals surface area contributed by atoms with E-state index in [9.17, 15) is 14.4 Å². The Balaban J connectivity index is 1.63. The summed E-state index contributed by atoms with van der Waals surface area (Å²) >= 11 is 13.6. The molecule has 0 aliphatic carbocycles. The molecule has 10 heteroatoms. The molecule has 3 rings (SSSR count). The summed E-state index contributed by atoms with van der Waals surface area (Å²) in [5.74, 6) is 0.207. The van der Waals surface area contributed by atoms with Crippen molar-refractivity contribution in [3.8, 4) is 0 Å². The molecule has 1 aliphatic rings. The maximum atomic E-state index is 13.1. The van der Waals surface area contributed by atoms with Crippen molar-refractivity contribution in [1.29, 1.82) is 0 Å². The van der Waals surface area contributed by atoms with Gasteiger partial charge in [0, 0.05) is 31.2 Å². The number of hydrogen-bond acceptors (Lipinski definition) is 5. The molecular weight excluding hydrogens is 461 g/mol. The molecular formula is C21H23Cl2N3O4S. The molecule has 0 saturated carbocycles. The van der Waals surface area contributed by atoms with Gasteiger partial charge in [0.25, 0.3) is 11.8 Å². The van der Waals surface area contributed by atoms with E-state index in [4.69, 9.17) is 27.6 Å². The standard InChI is InChI=1S/C21H23Cl2N3O4S/c1-31-12-6-17(24-19(27)15-5-4-14(22)13-16(15)23)20(28)25-7-9-26(10-8-25)21(29)18-3-2-11-30-18/h2-5,11,13,17H,6-10,12H2,1H3,(H,24,27). The Morgan fingerprint density at radius 3 is 2.45 bits per heavy atom. The van der Waals surface area contributed by atoms with Crippen molar-refractivity contribution in [3.05, 3.63) is 58.0 Å². The molecule has 31 heavy (non-hydrogen) atoms. The maximum absolute atomic E-state index is 13.1. The molecule has 1 saturated heterocycles. The molecule has 1 atom stereocenters. The fourth-order valence-corrected chi connectivity index (χ4v) is 4.27. The van der Waals surface area contributed by atoms with Crippen molar-refractivity contribution >= 4 is 52.7 Å². The van der Waals surface area contributed by atoms with E-state index in [2.05, 4.69) is 5.32 Å². The van der Waals surface area contributed by atoms with Crippen LogP contribution in [-0.2, 0) is 4.79 Å². The number of halogens is 2. The van der Waals surface area contributed by atoms with Gasteiger partial charge in [-0.15, -0.1) is 0 Å². The second-order valence-electron chi connectivity index (χ2n) is 7.03. The number of nitrogens with zero attached hydrogens (tertiary/aromatic N) is 2. The first-order valence-electron chi connectivity index (χ1n) is 9.77. The number of carbonyl (C=O) groups excluding carboxylic acids is 3. The second kappa shape index (κ2) is 10.9. The van der Waals surface area contributed by atoms with Crippen molar-refractivity contribution in [1.82, 2.24) is 15.1 Å². The molecule has 2 aromatic rings. The highest BCUT2D eigenvalue weighted by Gasteiger charge is 2.31. The van der Waals surface area contributed by atoms with E-state index in [1.54, 1.807) is 39.8 Å². The highest BCUT2D eigenvalue weighted by Crippen LogP contribution is 2.21. The van der Waals surface area contributed by atoms with Gasteiger partial charge in [0.1, 0.15) is 6.04 Å². The third-order valence-electron chi connectivity index (χ3n) is 5.00. The third kappa shape index (κ3) is 5.96. The minimum atomic E-state index is -0.681. The van der Waals surface area contributed by atoms with E-state index in [1.807, 2.05) is 6.26 Å². The number of benzene rings is 1. The van der Waals surface area contributed by atoms with Gasteiger partial charge in [0.2, 0.25) is 5.91 Å². The summed E-state index contributed by atoms with van der Waals surface area (Å²) in [6.07, 6.45) is 3.89. The molecule has 0 spiro atoms. The number of amides is 3. The van der Waals surface area contributed by atoms with Crippen molar-refractivity contribution in [2.45, 2.75) is 12.5 Å². The Kier molecular flexibility index (Phi) is 8.28. The number of piperazine rings is 1. The maximum Gasteiger partial charge on any atom is 0.289 e. The van der Waals surface area contributed by atoms with E-state index in [0.717, 1.165) is 0 Å². The van der Waals surface area contributed by atoms with Gasteiger partial charge in [-0.3, -0.25) is 14.4 Å².